The molecular weight excluding hydrogens is 331 g/mol. The maximum absolute atomic E-state index is 14.7. The van der Waals surface area contributed by atoms with Crippen molar-refractivity contribution >= 4 is 0 Å². The van der Waals surface area contributed by atoms with Gasteiger partial charge in [0.05, 0.1) is 11.8 Å². The van der Waals surface area contributed by atoms with Crippen LogP contribution in [0.3, 0.4) is 0 Å². The number of halogens is 1. The number of hydrogen-bond donors (Lipinski definition) is 1. The summed E-state index contributed by atoms with van der Waals surface area (Å²) in [6.45, 7) is 7.88. The van der Waals surface area contributed by atoms with E-state index in [1.165, 1.54) is 25.7 Å². The number of rotatable bonds is 10. The third-order valence-electron chi connectivity index (χ3n) is 6.15. The number of nitrogens with zero attached hydrogens (tertiary/aromatic N) is 1. The fourth-order valence-electron chi connectivity index (χ4n) is 4.29. The third kappa shape index (κ3) is 6.73. The molecule has 0 spiro atoms. The van der Waals surface area contributed by atoms with Crippen LogP contribution in [0.25, 0.3) is 0 Å². The number of hydrogen-bond acceptors (Lipinski definition) is 4. The fourth-order valence-corrected chi connectivity index (χ4v) is 4.29. The average molecular weight is 369 g/mol. The molecular formula is C21H37FN2O2. The molecule has 150 valence electrons. The normalized spacial score (nSPS) is 33.5. The molecule has 0 aromatic carbocycles. The van der Waals surface area contributed by atoms with E-state index in [0.717, 1.165) is 19.3 Å². The quantitative estimate of drug-likeness (QED) is 0.416. The lowest BCUT2D eigenvalue weighted by molar-refractivity contribution is -0.0648. The van der Waals surface area contributed by atoms with E-state index < -0.39 is 6.17 Å². The summed E-state index contributed by atoms with van der Waals surface area (Å²) in [5.74, 6) is 1.36. The van der Waals surface area contributed by atoms with Crippen molar-refractivity contribution in [3.05, 3.63) is 16.7 Å². The highest BCUT2D eigenvalue weighted by Crippen LogP contribution is 2.37. The molecule has 2 aliphatic rings. The summed E-state index contributed by atoms with van der Waals surface area (Å²) >= 11 is 0. The fraction of sp³-hybridized carbons (Fsp3) is 0.905. The minimum absolute atomic E-state index is 0.236. The van der Waals surface area contributed by atoms with Gasteiger partial charge in [-0.15, -0.1) is 4.91 Å². The zero-order chi connectivity index (χ0) is 18.9. The van der Waals surface area contributed by atoms with E-state index in [9.17, 15) is 9.30 Å². The number of alkyl halides is 1. The van der Waals surface area contributed by atoms with E-state index in [1.54, 1.807) is 0 Å². The number of unbranched alkanes of at least 4 members (excludes halogenated alkanes) is 2. The lowest BCUT2D eigenvalue weighted by Gasteiger charge is -2.39. The van der Waals surface area contributed by atoms with Gasteiger partial charge in [-0.25, -0.2) is 4.39 Å². The number of ether oxygens (including phenoxy) is 1. The molecule has 0 amide bonds. The van der Waals surface area contributed by atoms with Gasteiger partial charge in [-0.1, -0.05) is 46.1 Å². The Labute approximate surface area is 158 Å². The van der Waals surface area contributed by atoms with Crippen molar-refractivity contribution in [3.8, 4) is 0 Å². The summed E-state index contributed by atoms with van der Waals surface area (Å²) in [6, 6.07) is 0.330. The van der Waals surface area contributed by atoms with E-state index in [4.69, 9.17) is 4.74 Å². The molecule has 4 nitrogen and oxygen atoms in total. The smallest absolute Gasteiger partial charge is 0.126 e. The SMILES string of the molecule is CCCCCC(C)COC1CC(C)C(CC2CC=C(N=O)CN2)CC1F. The maximum Gasteiger partial charge on any atom is 0.126 e. The molecule has 0 aromatic rings. The zero-order valence-electron chi connectivity index (χ0n) is 16.8. The maximum atomic E-state index is 14.7. The molecule has 0 aromatic heterocycles. The highest BCUT2D eigenvalue weighted by Gasteiger charge is 2.37. The van der Waals surface area contributed by atoms with E-state index in [2.05, 4.69) is 31.3 Å². The van der Waals surface area contributed by atoms with Crippen LogP contribution in [0, 0.1) is 22.7 Å². The Balaban J connectivity index is 1.72. The van der Waals surface area contributed by atoms with E-state index in [0.29, 0.717) is 49.1 Å². The van der Waals surface area contributed by atoms with E-state index >= 15 is 0 Å². The second-order valence-electron chi connectivity index (χ2n) is 8.53. The molecule has 6 unspecified atom stereocenters. The van der Waals surface area contributed by atoms with Gasteiger partial charge in [0.25, 0.3) is 0 Å². The van der Waals surface area contributed by atoms with Gasteiger partial charge in [-0.2, -0.15) is 0 Å². The lowest BCUT2D eigenvalue weighted by Crippen LogP contribution is -2.42. The molecule has 1 aliphatic carbocycles. The summed E-state index contributed by atoms with van der Waals surface area (Å²) < 4.78 is 20.7. The molecule has 1 N–H and O–H groups in total. The van der Waals surface area contributed by atoms with Crippen molar-refractivity contribution in [1.82, 2.24) is 5.32 Å². The van der Waals surface area contributed by atoms with Gasteiger partial charge < -0.3 is 10.1 Å². The van der Waals surface area contributed by atoms with Crippen molar-refractivity contribution in [2.75, 3.05) is 13.2 Å². The minimum Gasteiger partial charge on any atom is -0.375 e. The molecule has 2 rings (SSSR count). The van der Waals surface area contributed by atoms with Crippen LogP contribution in [0.4, 0.5) is 4.39 Å². The summed E-state index contributed by atoms with van der Waals surface area (Å²) in [5.41, 5.74) is 0.586. The number of nitroso groups, excluding NO2 is 1. The Morgan fingerprint density at radius 1 is 1.38 bits per heavy atom. The van der Waals surface area contributed by atoms with Gasteiger partial charge in [0.2, 0.25) is 0 Å². The van der Waals surface area contributed by atoms with Crippen LogP contribution in [0.5, 0.6) is 0 Å². The van der Waals surface area contributed by atoms with Crippen molar-refractivity contribution in [2.24, 2.45) is 22.9 Å². The highest BCUT2D eigenvalue weighted by atomic mass is 19.1. The Hall–Kier alpha value is -0.810. The van der Waals surface area contributed by atoms with Crippen LogP contribution in [0.1, 0.15) is 72.1 Å². The van der Waals surface area contributed by atoms with Crippen molar-refractivity contribution in [3.63, 3.8) is 0 Å². The standard InChI is InChI=1S/C21H37FN2O2/c1-4-5-6-7-15(2)14-26-21-10-16(3)17(12-20(21)22)11-18-8-9-19(24-25)13-23-18/h9,15-18,20-21,23H,4-8,10-14H2,1-3H3. The van der Waals surface area contributed by atoms with Gasteiger partial charge in [0.15, 0.2) is 0 Å². The largest absolute Gasteiger partial charge is 0.375 e. The van der Waals surface area contributed by atoms with Crippen molar-refractivity contribution in [1.29, 1.82) is 0 Å². The zero-order valence-corrected chi connectivity index (χ0v) is 16.8. The lowest BCUT2D eigenvalue weighted by atomic mass is 9.74. The average Bonchev–Trinajstić information content (AvgIpc) is 2.64. The van der Waals surface area contributed by atoms with Gasteiger partial charge in [0, 0.05) is 19.2 Å². The molecule has 26 heavy (non-hydrogen) atoms. The second kappa shape index (κ2) is 11.1. The van der Waals surface area contributed by atoms with Crippen molar-refractivity contribution in [2.45, 2.75) is 90.5 Å². The predicted octanol–water partition coefficient (Wildman–Crippen LogP) is 5.37. The van der Waals surface area contributed by atoms with Crippen LogP contribution in [0.15, 0.2) is 16.9 Å². The number of nitrogens with one attached hydrogen (secondary N) is 1. The van der Waals surface area contributed by atoms with E-state index in [-0.39, 0.29) is 6.10 Å². The Morgan fingerprint density at radius 2 is 2.19 bits per heavy atom. The summed E-state index contributed by atoms with van der Waals surface area (Å²) in [4.78, 5) is 10.5. The molecule has 0 bridgehead atoms. The summed E-state index contributed by atoms with van der Waals surface area (Å²) in [7, 11) is 0. The van der Waals surface area contributed by atoms with Crippen molar-refractivity contribution < 1.29 is 9.13 Å². The topological polar surface area (TPSA) is 50.7 Å². The van der Waals surface area contributed by atoms with Crippen LogP contribution >= 0.6 is 0 Å². The van der Waals surface area contributed by atoms with Gasteiger partial charge in [0.1, 0.15) is 6.17 Å². The van der Waals surface area contributed by atoms with E-state index in [1.807, 2.05) is 6.08 Å². The third-order valence-corrected chi connectivity index (χ3v) is 6.15. The Bertz CT molecular complexity index is 457. The monoisotopic (exact) mass is 368 g/mol. The Morgan fingerprint density at radius 3 is 2.85 bits per heavy atom. The first-order valence-electron chi connectivity index (χ1n) is 10.5. The van der Waals surface area contributed by atoms with Crippen LogP contribution < -0.4 is 5.32 Å². The Kier molecular flexibility index (Phi) is 9.20. The predicted molar refractivity (Wildman–Crippen MR) is 105 cm³/mol. The molecule has 0 radical (unpaired) electrons. The molecule has 1 fully saturated rings. The molecule has 5 heteroatoms. The van der Waals surface area contributed by atoms with Crippen LogP contribution in [-0.4, -0.2) is 31.5 Å². The highest BCUT2D eigenvalue weighted by molar-refractivity contribution is 5.08. The summed E-state index contributed by atoms with van der Waals surface area (Å²) in [5, 5.41) is 6.36. The first kappa shape index (κ1) is 21.5. The van der Waals surface area contributed by atoms with Gasteiger partial charge in [-0.3, -0.25) is 0 Å². The minimum atomic E-state index is -0.856. The van der Waals surface area contributed by atoms with Crippen LogP contribution in [0.2, 0.25) is 0 Å². The molecule has 0 saturated heterocycles. The first-order valence-corrected chi connectivity index (χ1v) is 10.5. The van der Waals surface area contributed by atoms with Gasteiger partial charge in [-0.05, 0) is 55.0 Å². The molecule has 6 atom stereocenters. The first-order chi connectivity index (χ1) is 12.5. The van der Waals surface area contributed by atoms with Gasteiger partial charge >= 0.3 is 0 Å². The molecule has 1 heterocycles. The summed E-state index contributed by atoms with van der Waals surface area (Å²) in [6.07, 6.45) is 8.94. The molecule has 1 aliphatic heterocycles. The molecule has 1 saturated carbocycles. The second-order valence-corrected chi connectivity index (χ2v) is 8.53. The van der Waals surface area contributed by atoms with Crippen LogP contribution in [-0.2, 0) is 4.74 Å².